The van der Waals surface area contributed by atoms with Gasteiger partial charge >= 0.3 is 12.1 Å². The highest BCUT2D eigenvalue weighted by molar-refractivity contribution is 5.90. The van der Waals surface area contributed by atoms with Crippen LogP contribution in [-0.2, 0) is 14.2 Å². The van der Waals surface area contributed by atoms with E-state index in [1.807, 2.05) is 39.0 Å². The fourth-order valence-electron chi connectivity index (χ4n) is 3.71. The molecule has 0 saturated carbocycles. The van der Waals surface area contributed by atoms with Crippen LogP contribution in [0.4, 0.5) is 4.79 Å². The van der Waals surface area contributed by atoms with Crippen LogP contribution in [0, 0.1) is 0 Å². The van der Waals surface area contributed by atoms with Crippen molar-refractivity contribution in [1.82, 2.24) is 4.90 Å². The van der Waals surface area contributed by atoms with Crippen molar-refractivity contribution in [3.05, 3.63) is 41.5 Å². The third kappa shape index (κ3) is 5.53. The first kappa shape index (κ1) is 22.2. The van der Waals surface area contributed by atoms with Crippen molar-refractivity contribution in [2.45, 2.75) is 57.8 Å². The number of esters is 1. The molecule has 3 rings (SSSR count). The van der Waals surface area contributed by atoms with Crippen LogP contribution in [0.3, 0.4) is 0 Å². The second-order valence-electron chi connectivity index (χ2n) is 8.52. The van der Waals surface area contributed by atoms with E-state index >= 15 is 0 Å². The van der Waals surface area contributed by atoms with Crippen molar-refractivity contribution in [1.29, 1.82) is 0 Å². The first-order chi connectivity index (χ1) is 14.3. The molecule has 0 aromatic heterocycles. The number of hydrogen-bond acceptors (Lipinski definition) is 6. The normalized spacial score (nSPS) is 23.1. The van der Waals surface area contributed by atoms with E-state index in [-0.39, 0.29) is 18.2 Å². The minimum Gasteiger partial charge on any atom is -0.493 e. The SMILES string of the molecule is COC(=O)c1ccc2c(c1)OCC/C=C\CO[C@H]1CCN(C(=O)OC(C)(C)C)[C@H]2C1. The zero-order valence-corrected chi connectivity index (χ0v) is 18.2. The number of benzene rings is 1. The Morgan fingerprint density at radius 1 is 1.20 bits per heavy atom. The number of fused-ring (bicyclic) bond motifs is 4. The smallest absolute Gasteiger partial charge is 0.410 e. The van der Waals surface area contributed by atoms with Crippen LogP contribution in [0.25, 0.3) is 0 Å². The molecule has 0 spiro atoms. The molecule has 1 amide bonds. The number of rotatable bonds is 1. The van der Waals surface area contributed by atoms with Gasteiger partial charge in [0.1, 0.15) is 11.4 Å². The Hall–Kier alpha value is -2.54. The summed E-state index contributed by atoms with van der Waals surface area (Å²) in [5, 5.41) is 0. The summed E-state index contributed by atoms with van der Waals surface area (Å²) in [6, 6.07) is 4.96. The fourth-order valence-corrected chi connectivity index (χ4v) is 3.71. The zero-order valence-electron chi connectivity index (χ0n) is 18.2. The van der Waals surface area contributed by atoms with E-state index in [0.29, 0.717) is 37.5 Å². The van der Waals surface area contributed by atoms with Crippen LogP contribution in [0.15, 0.2) is 30.4 Å². The molecule has 1 saturated heterocycles. The van der Waals surface area contributed by atoms with Crippen LogP contribution >= 0.6 is 0 Å². The monoisotopic (exact) mass is 417 g/mol. The van der Waals surface area contributed by atoms with Gasteiger partial charge in [0, 0.05) is 12.1 Å². The highest BCUT2D eigenvalue weighted by Crippen LogP contribution is 2.39. The van der Waals surface area contributed by atoms with E-state index in [2.05, 4.69) is 0 Å². The van der Waals surface area contributed by atoms with Crippen molar-refractivity contribution < 1.29 is 28.5 Å². The number of methoxy groups -OCH3 is 1. The van der Waals surface area contributed by atoms with E-state index in [9.17, 15) is 9.59 Å². The molecule has 2 atom stereocenters. The topological polar surface area (TPSA) is 74.3 Å². The number of carbonyl (C=O) groups excluding carboxylic acids is 2. The molecular weight excluding hydrogens is 386 g/mol. The third-order valence-corrected chi connectivity index (χ3v) is 5.11. The molecule has 1 aromatic rings. The molecule has 0 unspecified atom stereocenters. The summed E-state index contributed by atoms with van der Waals surface area (Å²) < 4.78 is 22.6. The molecule has 0 radical (unpaired) electrons. The Morgan fingerprint density at radius 2 is 2.00 bits per heavy atom. The Labute approximate surface area is 177 Å². The van der Waals surface area contributed by atoms with E-state index in [4.69, 9.17) is 18.9 Å². The molecule has 7 nitrogen and oxygen atoms in total. The van der Waals surface area contributed by atoms with E-state index < -0.39 is 11.6 Å². The van der Waals surface area contributed by atoms with Gasteiger partial charge < -0.3 is 23.8 Å². The number of carbonyl (C=O) groups is 2. The minimum absolute atomic E-state index is 0.0193. The van der Waals surface area contributed by atoms with Gasteiger partial charge in [-0.3, -0.25) is 0 Å². The van der Waals surface area contributed by atoms with Gasteiger partial charge in [-0.2, -0.15) is 0 Å². The Kier molecular flexibility index (Phi) is 7.02. The molecule has 2 aliphatic heterocycles. The number of ether oxygens (including phenoxy) is 4. The molecule has 0 aliphatic carbocycles. The lowest BCUT2D eigenvalue weighted by atomic mass is 9.92. The molecule has 1 aromatic carbocycles. The van der Waals surface area contributed by atoms with Crippen molar-refractivity contribution in [2.24, 2.45) is 0 Å². The zero-order chi connectivity index (χ0) is 21.7. The van der Waals surface area contributed by atoms with Crippen LogP contribution in [0.5, 0.6) is 5.75 Å². The number of nitrogens with zero attached hydrogens (tertiary/aromatic N) is 1. The summed E-state index contributed by atoms with van der Waals surface area (Å²) in [5.74, 6) is 0.146. The van der Waals surface area contributed by atoms with Gasteiger partial charge in [-0.05, 0) is 52.2 Å². The maximum Gasteiger partial charge on any atom is 0.410 e. The average Bonchev–Trinajstić information content (AvgIpc) is 2.70. The van der Waals surface area contributed by atoms with Crippen LogP contribution in [0.1, 0.15) is 62.0 Å². The molecule has 7 heteroatoms. The van der Waals surface area contributed by atoms with Gasteiger partial charge in [-0.25, -0.2) is 9.59 Å². The lowest BCUT2D eigenvalue weighted by molar-refractivity contribution is -0.0259. The molecule has 0 N–H and O–H groups in total. The molecular formula is C23H31NO6. The number of amides is 1. The first-order valence-electron chi connectivity index (χ1n) is 10.4. The highest BCUT2D eigenvalue weighted by Gasteiger charge is 2.37. The van der Waals surface area contributed by atoms with Gasteiger partial charge in [0.05, 0.1) is 38.0 Å². The van der Waals surface area contributed by atoms with Crippen molar-refractivity contribution in [2.75, 3.05) is 26.9 Å². The maximum absolute atomic E-state index is 13.0. The largest absolute Gasteiger partial charge is 0.493 e. The highest BCUT2D eigenvalue weighted by atomic mass is 16.6. The summed E-state index contributed by atoms with van der Waals surface area (Å²) in [5.41, 5.74) is 0.659. The Balaban J connectivity index is 1.99. The van der Waals surface area contributed by atoms with Gasteiger partial charge in [0.2, 0.25) is 0 Å². The van der Waals surface area contributed by atoms with Crippen molar-refractivity contribution in [3.8, 4) is 5.75 Å². The second-order valence-corrected chi connectivity index (χ2v) is 8.52. The summed E-state index contributed by atoms with van der Waals surface area (Å²) in [6.07, 6.45) is 5.76. The fraction of sp³-hybridized carbons (Fsp3) is 0.565. The first-order valence-corrected chi connectivity index (χ1v) is 10.4. The number of likely N-dealkylation sites (tertiary alicyclic amines) is 1. The molecule has 2 bridgehead atoms. The van der Waals surface area contributed by atoms with Crippen LogP contribution in [0.2, 0.25) is 0 Å². The maximum atomic E-state index is 13.0. The van der Waals surface area contributed by atoms with Crippen molar-refractivity contribution >= 4 is 12.1 Å². The van der Waals surface area contributed by atoms with Gasteiger partial charge in [-0.1, -0.05) is 18.2 Å². The van der Waals surface area contributed by atoms with Gasteiger partial charge in [0.25, 0.3) is 0 Å². The Morgan fingerprint density at radius 3 is 2.73 bits per heavy atom. The molecule has 1 fully saturated rings. The molecule has 2 heterocycles. The molecule has 30 heavy (non-hydrogen) atoms. The van der Waals surface area contributed by atoms with Gasteiger partial charge in [0.15, 0.2) is 0 Å². The van der Waals surface area contributed by atoms with Crippen LogP contribution < -0.4 is 4.74 Å². The van der Waals surface area contributed by atoms with Crippen LogP contribution in [-0.4, -0.2) is 55.5 Å². The summed E-state index contributed by atoms with van der Waals surface area (Å²) in [4.78, 5) is 26.7. The lowest BCUT2D eigenvalue weighted by Gasteiger charge is -2.40. The van der Waals surface area contributed by atoms with E-state index in [1.54, 1.807) is 17.0 Å². The number of piperidine rings is 1. The summed E-state index contributed by atoms with van der Waals surface area (Å²) in [7, 11) is 1.35. The van der Waals surface area contributed by atoms with E-state index in [0.717, 1.165) is 18.4 Å². The van der Waals surface area contributed by atoms with Crippen molar-refractivity contribution in [3.63, 3.8) is 0 Å². The molecule has 2 aliphatic rings. The predicted octanol–water partition coefficient (Wildman–Crippen LogP) is 4.27. The lowest BCUT2D eigenvalue weighted by Crippen LogP contribution is -2.45. The Bertz CT molecular complexity index is 797. The predicted molar refractivity (Wildman–Crippen MR) is 112 cm³/mol. The average molecular weight is 418 g/mol. The van der Waals surface area contributed by atoms with Gasteiger partial charge in [-0.15, -0.1) is 0 Å². The third-order valence-electron chi connectivity index (χ3n) is 5.11. The number of hydrogen-bond donors (Lipinski definition) is 0. The summed E-state index contributed by atoms with van der Waals surface area (Å²) >= 11 is 0. The minimum atomic E-state index is -0.589. The quantitative estimate of drug-likeness (QED) is 0.502. The molecule has 164 valence electrons. The van der Waals surface area contributed by atoms with E-state index in [1.165, 1.54) is 7.11 Å². The summed E-state index contributed by atoms with van der Waals surface area (Å²) in [6.45, 7) is 7.08. The standard InChI is InChI=1S/C23H31NO6/c1-23(2,3)30-22(26)24-11-10-17-15-19(24)18-9-8-16(21(25)27-4)14-20(18)29-13-7-5-6-12-28-17/h5-6,8-9,14,17,19H,7,10-13,15H2,1-4H3/b6-5-/t17-,19-/m0/s1. The second kappa shape index (κ2) is 9.51.